The van der Waals surface area contributed by atoms with E-state index in [-0.39, 0.29) is 28.4 Å². The summed E-state index contributed by atoms with van der Waals surface area (Å²) in [7, 11) is -1.73. The van der Waals surface area contributed by atoms with Gasteiger partial charge in [0, 0.05) is 29.8 Å². The number of hydrogen-bond donors (Lipinski definition) is 1. The molecule has 170 valence electrons. The Morgan fingerprint density at radius 2 is 1.75 bits per heavy atom. The quantitative estimate of drug-likeness (QED) is 0.629. The molecule has 1 aliphatic carbocycles. The third-order valence-electron chi connectivity index (χ3n) is 6.26. The van der Waals surface area contributed by atoms with E-state index in [1.54, 1.807) is 38.4 Å². The third-order valence-corrected chi connectivity index (χ3v) is 7.99. The summed E-state index contributed by atoms with van der Waals surface area (Å²) in [5, 5.41) is 11.2. The van der Waals surface area contributed by atoms with Crippen LogP contribution in [0.5, 0.6) is 5.75 Å². The van der Waals surface area contributed by atoms with E-state index < -0.39 is 9.84 Å². The molecule has 0 aliphatic heterocycles. The molecule has 0 atom stereocenters. The van der Waals surface area contributed by atoms with Crippen LogP contribution in [0.2, 0.25) is 0 Å². The molecule has 1 aliphatic rings. The van der Waals surface area contributed by atoms with Crippen molar-refractivity contribution in [2.45, 2.75) is 56.6 Å². The first-order valence-corrected chi connectivity index (χ1v) is 12.7. The molecule has 1 N–H and O–H groups in total. The second-order valence-electron chi connectivity index (χ2n) is 8.62. The third kappa shape index (κ3) is 4.32. The number of pyridine rings is 1. The van der Waals surface area contributed by atoms with Crippen LogP contribution in [0.1, 0.15) is 38.2 Å². The van der Waals surface area contributed by atoms with Gasteiger partial charge in [0.25, 0.3) is 5.56 Å². The van der Waals surface area contributed by atoms with Gasteiger partial charge in [-0.3, -0.25) is 4.79 Å². The highest BCUT2D eigenvalue weighted by atomic mass is 32.2. The molecule has 3 aromatic rings. The Bertz CT molecular complexity index is 1320. The Kier molecular flexibility index (Phi) is 6.14. The monoisotopic (exact) mass is 455 g/mol. The van der Waals surface area contributed by atoms with E-state index >= 15 is 0 Å². The average Bonchev–Trinajstić information content (AvgIpc) is 2.78. The zero-order valence-electron chi connectivity index (χ0n) is 18.7. The summed E-state index contributed by atoms with van der Waals surface area (Å²) in [4.78, 5) is 13.0. The number of aromatic nitrogens is 1. The van der Waals surface area contributed by atoms with Gasteiger partial charge in [-0.25, -0.2) is 8.42 Å². The summed E-state index contributed by atoms with van der Waals surface area (Å²) < 4.78 is 33.1. The number of nitrogens with zero attached hydrogens (tertiary/aromatic N) is 1. The van der Waals surface area contributed by atoms with Crippen LogP contribution >= 0.6 is 0 Å². The molecule has 1 aromatic heterocycles. The van der Waals surface area contributed by atoms with E-state index in [9.17, 15) is 18.3 Å². The van der Waals surface area contributed by atoms with Gasteiger partial charge in [0.15, 0.2) is 9.84 Å². The van der Waals surface area contributed by atoms with Gasteiger partial charge in [-0.2, -0.15) is 0 Å². The van der Waals surface area contributed by atoms with E-state index in [0.717, 1.165) is 29.4 Å². The van der Waals surface area contributed by atoms with Crippen molar-refractivity contribution >= 4 is 20.6 Å². The highest BCUT2D eigenvalue weighted by Crippen LogP contribution is 2.38. The molecule has 32 heavy (non-hydrogen) atoms. The smallest absolute Gasteiger partial charge is 0.258 e. The van der Waals surface area contributed by atoms with Gasteiger partial charge >= 0.3 is 0 Å². The summed E-state index contributed by atoms with van der Waals surface area (Å²) >= 11 is 0. The fraction of sp³-hybridized carbons (Fsp3) is 0.400. The van der Waals surface area contributed by atoms with Crippen LogP contribution in [-0.2, 0) is 16.9 Å². The van der Waals surface area contributed by atoms with E-state index in [4.69, 9.17) is 4.74 Å². The number of aryl methyl sites for hydroxylation is 2. The second kappa shape index (κ2) is 8.71. The molecule has 0 amide bonds. The average molecular weight is 456 g/mol. The van der Waals surface area contributed by atoms with Crippen molar-refractivity contribution in [2.24, 2.45) is 7.05 Å². The first-order chi connectivity index (χ1) is 15.2. The molecule has 0 bridgehead atoms. The lowest BCUT2D eigenvalue weighted by Gasteiger charge is -2.27. The lowest BCUT2D eigenvalue weighted by Crippen LogP contribution is -2.26. The minimum Gasteiger partial charge on any atom is -0.490 e. The molecule has 6 nitrogen and oxygen atoms in total. The largest absolute Gasteiger partial charge is 0.490 e. The van der Waals surface area contributed by atoms with E-state index in [2.05, 4.69) is 0 Å². The van der Waals surface area contributed by atoms with Crippen LogP contribution in [0.25, 0.3) is 21.9 Å². The molecule has 7 heteroatoms. The predicted octanol–water partition coefficient (Wildman–Crippen LogP) is 3.99. The first kappa shape index (κ1) is 22.6. The van der Waals surface area contributed by atoms with E-state index in [1.165, 1.54) is 4.57 Å². The number of fused-ring (bicyclic) bond motifs is 1. The maximum Gasteiger partial charge on any atom is 0.258 e. The summed E-state index contributed by atoms with van der Waals surface area (Å²) in [6.07, 6.45) is 4.26. The minimum atomic E-state index is -3.42. The molecular formula is C25H29NO5S. The Morgan fingerprint density at radius 1 is 1.03 bits per heavy atom. The molecule has 1 saturated carbocycles. The summed E-state index contributed by atoms with van der Waals surface area (Å²) in [6.45, 7) is 3.58. The Hall–Kier alpha value is -2.64. The van der Waals surface area contributed by atoms with Gasteiger partial charge in [0.1, 0.15) is 5.75 Å². The zero-order chi connectivity index (χ0) is 23.0. The van der Waals surface area contributed by atoms with Crippen molar-refractivity contribution in [3.05, 3.63) is 58.5 Å². The van der Waals surface area contributed by atoms with Gasteiger partial charge in [0.05, 0.1) is 22.9 Å². The summed E-state index contributed by atoms with van der Waals surface area (Å²) in [6, 6.07) is 10.6. The summed E-state index contributed by atoms with van der Waals surface area (Å²) in [5.74, 6) is 0.586. The van der Waals surface area contributed by atoms with Crippen LogP contribution in [0, 0.1) is 6.92 Å². The second-order valence-corrected chi connectivity index (χ2v) is 10.9. The zero-order valence-corrected chi connectivity index (χ0v) is 19.5. The van der Waals surface area contributed by atoms with Crippen LogP contribution in [0.15, 0.2) is 52.3 Å². The van der Waals surface area contributed by atoms with Crippen molar-refractivity contribution in [3.63, 3.8) is 0 Å². The van der Waals surface area contributed by atoms with Gasteiger partial charge in [0.2, 0.25) is 0 Å². The van der Waals surface area contributed by atoms with Gasteiger partial charge in [-0.15, -0.1) is 0 Å². The number of aliphatic hydroxyl groups excluding tert-OH is 1. The van der Waals surface area contributed by atoms with Gasteiger partial charge in [-0.05, 0) is 62.3 Å². The molecule has 1 heterocycles. The molecular weight excluding hydrogens is 426 g/mol. The highest BCUT2D eigenvalue weighted by molar-refractivity contribution is 7.91. The summed E-state index contributed by atoms with van der Waals surface area (Å²) in [5.41, 5.74) is 2.31. The molecule has 0 spiro atoms. The standard InChI is InChI=1S/C25H29NO5S/c1-4-32(29,30)19-10-12-24(31-18-8-6-17(27)7-9-18)22(14-19)23-15-26(3)25(28)20-11-5-16(2)13-21(20)23/h5,10-15,17-18,27H,4,6-9H2,1-3H3/t17-,18-. The van der Waals surface area contributed by atoms with Crippen molar-refractivity contribution in [1.82, 2.24) is 4.57 Å². The van der Waals surface area contributed by atoms with Crippen molar-refractivity contribution in [2.75, 3.05) is 5.75 Å². The number of hydrogen-bond acceptors (Lipinski definition) is 5. The number of aliphatic hydroxyl groups is 1. The van der Waals surface area contributed by atoms with Crippen molar-refractivity contribution in [3.8, 4) is 16.9 Å². The molecule has 0 unspecified atom stereocenters. The molecule has 2 aromatic carbocycles. The molecule has 0 radical (unpaired) electrons. The van der Waals surface area contributed by atoms with Crippen LogP contribution in [-0.4, -0.2) is 36.1 Å². The number of ether oxygens (including phenoxy) is 1. The molecule has 4 rings (SSSR count). The first-order valence-electron chi connectivity index (χ1n) is 11.0. The number of sulfone groups is 1. The minimum absolute atomic E-state index is 0.000286. The maximum absolute atomic E-state index is 12.7. The van der Waals surface area contributed by atoms with Crippen LogP contribution < -0.4 is 10.3 Å². The van der Waals surface area contributed by atoms with Crippen LogP contribution in [0.3, 0.4) is 0 Å². The Labute approximate surface area is 188 Å². The number of benzene rings is 2. The van der Waals surface area contributed by atoms with Crippen molar-refractivity contribution in [1.29, 1.82) is 0 Å². The lowest BCUT2D eigenvalue weighted by atomic mass is 9.94. The Balaban J connectivity index is 1.93. The topological polar surface area (TPSA) is 85.6 Å². The molecule has 0 saturated heterocycles. The van der Waals surface area contributed by atoms with Gasteiger partial charge in [-0.1, -0.05) is 24.6 Å². The van der Waals surface area contributed by atoms with Gasteiger partial charge < -0.3 is 14.4 Å². The Morgan fingerprint density at radius 3 is 2.44 bits per heavy atom. The van der Waals surface area contributed by atoms with Crippen molar-refractivity contribution < 1.29 is 18.3 Å². The SMILES string of the molecule is CCS(=O)(=O)c1ccc(O[C@H]2CC[C@H](O)CC2)c(-c2cn(C)c(=O)c3ccc(C)cc23)c1. The number of rotatable bonds is 5. The predicted molar refractivity (Wildman–Crippen MR) is 126 cm³/mol. The van der Waals surface area contributed by atoms with Crippen LogP contribution in [0.4, 0.5) is 0 Å². The fourth-order valence-electron chi connectivity index (χ4n) is 4.32. The highest BCUT2D eigenvalue weighted by Gasteiger charge is 2.24. The normalized spacial score (nSPS) is 19.2. The lowest BCUT2D eigenvalue weighted by molar-refractivity contribution is 0.0668. The molecule has 1 fully saturated rings. The maximum atomic E-state index is 12.7. The van der Waals surface area contributed by atoms with E-state index in [1.807, 2.05) is 25.1 Å². The van der Waals surface area contributed by atoms with E-state index in [0.29, 0.717) is 29.5 Å². The fourth-order valence-corrected chi connectivity index (χ4v) is 5.23.